The molecule has 10 heteroatoms. The molecule has 3 rings (SSSR count). The van der Waals surface area contributed by atoms with Gasteiger partial charge in [0.15, 0.2) is 5.13 Å². The molecule has 0 spiro atoms. The predicted molar refractivity (Wildman–Crippen MR) is 105 cm³/mol. The van der Waals surface area contributed by atoms with Crippen molar-refractivity contribution in [2.75, 3.05) is 36.2 Å². The smallest absolute Gasteiger partial charge is 0.411 e. The van der Waals surface area contributed by atoms with Gasteiger partial charge in [0.2, 0.25) is 5.95 Å². The van der Waals surface area contributed by atoms with E-state index in [1.165, 1.54) is 23.3 Å². The van der Waals surface area contributed by atoms with Gasteiger partial charge in [0.25, 0.3) is 0 Å². The highest BCUT2D eigenvalue weighted by atomic mass is 32.1. The lowest BCUT2D eigenvalue weighted by atomic mass is 10.2. The lowest BCUT2D eigenvalue weighted by Crippen LogP contribution is -2.32. The van der Waals surface area contributed by atoms with Gasteiger partial charge in [-0.2, -0.15) is 0 Å². The Labute approximate surface area is 159 Å². The topological polar surface area (TPSA) is 126 Å². The number of nitrogens with one attached hydrogen (secondary N) is 1. The average Bonchev–Trinajstić information content (AvgIpc) is 3.10. The van der Waals surface area contributed by atoms with E-state index in [1.807, 2.05) is 0 Å². The largest absolute Gasteiger partial charge is 0.465 e. The van der Waals surface area contributed by atoms with E-state index < -0.39 is 6.09 Å². The van der Waals surface area contributed by atoms with E-state index in [1.54, 1.807) is 42.7 Å². The highest BCUT2D eigenvalue weighted by Gasteiger charge is 2.14. The van der Waals surface area contributed by atoms with Crippen LogP contribution in [0.1, 0.15) is 0 Å². The second-order valence-corrected chi connectivity index (χ2v) is 6.49. The van der Waals surface area contributed by atoms with Crippen LogP contribution in [0.3, 0.4) is 0 Å². The molecule has 140 valence electrons. The molecule has 0 aliphatic heterocycles. The van der Waals surface area contributed by atoms with Crippen molar-refractivity contribution in [1.82, 2.24) is 15.0 Å². The average molecular weight is 386 g/mol. The summed E-state index contributed by atoms with van der Waals surface area (Å²) in [5, 5.41) is 12.9. The van der Waals surface area contributed by atoms with Gasteiger partial charge in [0, 0.05) is 30.9 Å². The van der Waals surface area contributed by atoms with Crippen LogP contribution in [0, 0.1) is 0 Å². The molecule has 27 heavy (non-hydrogen) atoms. The highest BCUT2D eigenvalue weighted by Crippen LogP contribution is 2.26. The minimum atomic E-state index is -1.03. The zero-order valence-electron chi connectivity index (χ0n) is 14.5. The van der Waals surface area contributed by atoms with E-state index in [2.05, 4.69) is 20.3 Å². The van der Waals surface area contributed by atoms with Gasteiger partial charge < -0.3 is 20.9 Å². The molecule has 0 aliphatic rings. The minimum Gasteiger partial charge on any atom is -0.465 e. The van der Waals surface area contributed by atoms with Crippen molar-refractivity contribution in [2.24, 2.45) is 0 Å². The van der Waals surface area contributed by atoms with Crippen LogP contribution in [0.2, 0.25) is 0 Å². The Morgan fingerprint density at radius 3 is 2.70 bits per heavy atom. The third-order valence-electron chi connectivity index (χ3n) is 3.62. The molecule has 3 aromatic rings. The molecule has 0 saturated heterocycles. The van der Waals surface area contributed by atoms with Crippen LogP contribution < -0.4 is 16.0 Å². The fourth-order valence-electron chi connectivity index (χ4n) is 2.33. The maximum Gasteiger partial charge on any atom is 0.411 e. The van der Waals surface area contributed by atoms with Gasteiger partial charge in [-0.1, -0.05) is 11.3 Å². The van der Waals surface area contributed by atoms with Crippen LogP contribution in [0.25, 0.3) is 10.6 Å². The number of rotatable bonds is 7. The van der Waals surface area contributed by atoms with E-state index >= 15 is 0 Å². The molecule has 4 N–H and O–H groups in total. The first-order chi connectivity index (χ1) is 13.1. The second kappa shape index (κ2) is 8.43. The number of ether oxygens (including phenoxy) is 1. The lowest BCUT2D eigenvalue weighted by molar-refractivity contribution is 0.186. The zero-order valence-corrected chi connectivity index (χ0v) is 15.3. The standard InChI is InChI=1S/C17H18N6O3S/c1-26-9-8-23(17(24)25)12-4-2-11(3-5-12)21-16-19-7-6-13(22-16)14-10-20-15(18)27-14/h2-7,10H,8-9H2,1H3,(H2,18,20)(H,24,25)(H,19,21,22). The third kappa shape index (κ3) is 4.68. The van der Waals surface area contributed by atoms with Crippen LogP contribution in [0.5, 0.6) is 0 Å². The Balaban J connectivity index is 1.74. The molecule has 0 radical (unpaired) electrons. The number of carbonyl (C=O) groups is 1. The summed E-state index contributed by atoms with van der Waals surface area (Å²) in [6, 6.07) is 8.72. The molecule has 1 aromatic carbocycles. The van der Waals surface area contributed by atoms with Crippen LogP contribution in [-0.4, -0.2) is 46.4 Å². The van der Waals surface area contributed by atoms with Gasteiger partial charge in [-0.15, -0.1) is 0 Å². The number of anilines is 4. The number of nitrogens with zero attached hydrogens (tertiary/aromatic N) is 4. The Kier molecular flexibility index (Phi) is 5.79. The molecule has 1 amide bonds. The molecule has 2 heterocycles. The van der Waals surface area contributed by atoms with Crippen molar-refractivity contribution in [2.45, 2.75) is 0 Å². The van der Waals surface area contributed by atoms with Crippen molar-refractivity contribution < 1.29 is 14.6 Å². The molecule has 0 atom stereocenters. The van der Waals surface area contributed by atoms with Crippen molar-refractivity contribution in [3.8, 4) is 10.6 Å². The van der Waals surface area contributed by atoms with Gasteiger partial charge in [0.1, 0.15) is 0 Å². The molecule has 0 unspecified atom stereocenters. The van der Waals surface area contributed by atoms with E-state index in [0.717, 1.165) is 16.3 Å². The predicted octanol–water partition coefficient (Wildman–Crippen LogP) is 3.06. The van der Waals surface area contributed by atoms with Gasteiger partial charge in [-0.3, -0.25) is 4.90 Å². The molecular formula is C17H18N6O3S. The number of thiazole rings is 1. The van der Waals surface area contributed by atoms with E-state index in [0.29, 0.717) is 23.4 Å². The van der Waals surface area contributed by atoms with Gasteiger partial charge >= 0.3 is 6.09 Å². The Morgan fingerprint density at radius 1 is 1.30 bits per heavy atom. The first-order valence-corrected chi connectivity index (χ1v) is 8.79. The number of methoxy groups -OCH3 is 1. The maximum absolute atomic E-state index is 11.4. The summed E-state index contributed by atoms with van der Waals surface area (Å²) in [6.07, 6.45) is 2.28. The molecule has 0 fully saturated rings. The fraction of sp³-hybridized carbons (Fsp3) is 0.176. The Bertz CT molecular complexity index is 915. The van der Waals surface area contributed by atoms with Crippen LogP contribution in [0.4, 0.5) is 27.2 Å². The molecule has 0 saturated carbocycles. The molecule has 0 aliphatic carbocycles. The number of aromatic nitrogens is 3. The number of hydrogen-bond acceptors (Lipinski definition) is 8. The first-order valence-electron chi connectivity index (χ1n) is 7.98. The molecular weight excluding hydrogens is 368 g/mol. The van der Waals surface area contributed by atoms with Crippen molar-refractivity contribution in [3.63, 3.8) is 0 Å². The number of amides is 1. The number of nitrogen functional groups attached to an aromatic ring is 1. The quantitative estimate of drug-likeness (QED) is 0.565. The van der Waals surface area contributed by atoms with Crippen molar-refractivity contribution >= 4 is 39.9 Å². The van der Waals surface area contributed by atoms with Gasteiger partial charge in [0.05, 0.1) is 23.7 Å². The Morgan fingerprint density at radius 2 is 2.07 bits per heavy atom. The van der Waals surface area contributed by atoms with Gasteiger partial charge in [-0.05, 0) is 30.3 Å². The van der Waals surface area contributed by atoms with E-state index in [-0.39, 0.29) is 6.54 Å². The number of hydrogen-bond donors (Lipinski definition) is 3. The molecule has 2 aromatic heterocycles. The van der Waals surface area contributed by atoms with Crippen molar-refractivity contribution in [1.29, 1.82) is 0 Å². The summed E-state index contributed by atoms with van der Waals surface area (Å²) in [5.74, 6) is 0.418. The second-order valence-electron chi connectivity index (χ2n) is 5.43. The number of nitrogens with two attached hydrogens (primary N) is 1. The van der Waals surface area contributed by atoms with Gasteiger partial charge in [-0.25, -0.2) is 19.7 Å². The van der Waals surface area contributed by atoms with E-state index in [9.17, 15) is 9.90 Å². The summed E-state index contributed by atoms with van der Waals surface area (Å²) in [6.45, 7) is 0.566. The Hall–Kier alpha value is -3.24. The highest BCUT2D eigenvalue weighted by molar-refractivity contribution is 7.18. The molecule has 0 bridgehead atoms. The first kappa shape index (κ1) is 18.5. The zero-order chi connectivity index (χ0) is 19.2. The monoisotopic (exact) mass is 386 g/mol. The minimum absolute atomic E-state index is 0.252. The van der Waals surface area contributed by atoms with Crippen molar-refractivity contribution in [3.05, 3.63) is 42.7 Å². The summed E-state index contributed by atoms with van der Waals surface area (Å²) in [5.41, 5.74) is 7.67. The number of benzene rings is 1. The van der Waals surface area contributed by atoms with Crippen LogP contribution in [0.15, 0.2) is 42.7 Å². The third-order valence-corrected chi connectivity index (χ3v) is 4.47. The summed E-state index contributed by atoms with van der Waals surface area (Å²) < 4.78 is 4.95. The summed E-state index contributed by atoms with van der Waals surface area (Å²) in [7, 11) is 1.53. The van der Waals surface area contributed by atoms with Crippen LogP contribution >= 0.6 is 11.3 Å². The molecule has 9 nitrogen and oxygen atoms in total. The number of carboxylic acid groups (broad SMARTS) is 1. The maximum atomic E-state index is 11.4. The lowest BCUT2D eigenvalue weighted by Gasteiger charge is -2.19. The van der Waals surface area contributed by atoms with Crippen LogP contribution in [-0.2, 0) is 4.74 Å². The fourth-order valence-corrected chi connectivity index (χ4v) is 2.99. The SMILES string of the molecule is COCCN(C(=O)O)c1ccc(Nc2nccc(-c3cnc(N)s3)n2)cc1. The summed E-state index contributed by atoms with van der Waals surface area (Å²) in [4.78, 5) is 26.1. The normalized spacial score (nSPS) is 10.6. The summed E-state index contributed by atoms with van der Waals surface area (Å²) >= 11 is 1.35. The van der Waals surface area contributed by atoms with E-state index in [4.69, 9.17) is 10.5 Å².